The summed E-state index contributed by atoms with van der Waals surface area (Å²) in [5.74, 6) is 2.44. The number of carbonyl (C=O) groups excluding carboxylic acids is 1. The van der Waals surface area contributed by atoms with Crippen molar-refractivity contribution in [3.05, 3.63) is 23.8 Å². The summed E-state index contributed by atoms with van der Waals surface area (Å²) in [6, 6.07) is 7.03. The zero-order valence-corrected chi connectivity index (χ0v) is 17.8. The van der Waals surface area contributed by atoms with E-state index in [1.165, 1.54) is 5.56 Å². The van der Waals surface area contributed by atoms with Gasteiger partial charge in [-0.1, -0.05) is 6.07 Å². The summed E-state index contributed by atoms with van der Waals surface area (Å²) in [5, 5.41) is 3.44. The third-order valence-corrected chi connectivity index (χ3v) is 5.99. The van der Waals surface area contributed by atoms with Gasteiger partial charge >= 0.3 is 0 Å². The average Bonchev–Trinajstić information content (AvgIpc) is 3.06. The van der Waals surface area contributed by atoms with Crippen molar-refractivity contribution in [2.45, 2.75) is 19.4 Å². The molecule has 2 saturated heterocycles. The maximum absolute atomic E-state index is 12.5. The van der Waals surface area contributed by atoms with E-state index in [4.69, 9.17) is 4.42 Å². The summed E-state index contributed by atoms with van der Waals surface area (Å²) in [6.07, 6.45) is 0.606. The van der Waals surface area contributed by atoms with Gasteiger partial charge in [-0.15, -0.1) is 24.8 Å². The first-order chi connectivity index (χ1) is 12.2. The SMILES string of the molecule is Cc1ccc2oc(N3CCN(C(=O)CC4CSCCN4)CC3)nc2c1.Cl.Cl. The Hall–Kier alpha value is -1.15. The minimum atomic E-state index is 0. The van der Waals surface area contributed by atoms with Crippen LogP contribution in [0.15, 0.2) is 22.6 Å². The lowest BCUT2D eigenvalue weighted by atomic mass is 10.2. The highest BCUT2D eigenvalue weighted by Crippen LogP contribution is 2.24. The number of rotatable bonds is 3. The van der Waals surface area contributed by atoms with Gasteiger partial charge in [-0.2, -0.15) is 16.7 Å². The maximum Gasteiger partial charge on any atom is 0.298 e. The molecule has 2 aliphatic rings. The van der Waals surface area contributed by atoms with E-state index >= 15 is 0 Å². The number of hydrogen-bond donors (Lipinski definition) is 1. The second kappa shape index (κ2) is 9.87. The molecule has 1 aromatic carbocycles. The van der Waals surface area contributed by atoms with Crippen molar-refractivity contribution >= 4 is 59.6 Å². The standard InChI is InChI=1S/C18H24N4O2S.2ClH/c1-13-2-3-16-15(10-13)20-18(24-16)22-7-5-21(6-8-22)17(23)11-14-12-25-9-4-19-14;;/h2-3,10,14,19H,4-9,11-12H2,1H3;2*1H. The Bertz CT molecular complexity index is 759. The van der Waals surface area contributed by atoms with Crippen molar-refractivity contribution in [1.29, 1.82) is 0 Å². The van der Waals surface area contributed by atoms with Gasteiger partial charge in [0.15, 0.2) is 5.58 Å². The predicted octanol–water partition coefficient (Wildman–Crippen LogP) is 2.72. The number of aromatic nitrogens is 1. The van der Waals surface area contributed by atoms with Crippen LogP contribution in [0.1, 0.15) is 12.0 Å². The van der Waals surface area contributed by atoms with E-state index in [1.807, 2.05) is 34.9 Å². The number of carbonyl (C=O) groups is 1. The first kappa shape index (κ1) is 22.1. The number of hydrogen-bond acceptors (Lipinski definition) is 6. The summed E-state index contributed by atoms with van der Waals surface area (Å²) < 4.78 is 5.88. The molecule has 3 heterocycles. The summed E-state index contributed by atoms with van der Waals surface area (Å²) in [6.45, 7) is 6.06. The van der Waals surface area contributed by atoms with E-state index in [0.29, 0.717) is 18.5 Å². The van der Waals surface area contributed by atoms with Gasteiger partial charge in [0.05, 0.1) is 0 Å². The van der Waals surface area contributed by atoms with Crippen molar-refractivity contribution in [2.75, 3.05) is 49.1 Å². The molecule has 150 valence electrons. The molecule has 2 aromatic rings. The van der Waals surface area contributed by atoms with Crippen LogP contribution in [0, 0.1) is 6.92 Å². The van der Waals surface area contributed by atoms with Crippen molar-refractivity contribution in [3.63, 3.8) is 0 Å². The molecular formula is C18H26Cl2N4O2S. The molecule has 27 heavy (non-hydrogen) atoms. The van der Waals surface area contributed by atoms with Crippen LogP contribution in [-0.4, -0.2) is 66.1 Å². The number of halogens is 2. The Labute approximate surface area is 176 Å². The van der Waals surface area contributed by atoms with E-state index in [1.54, 1.807) is 0 Å². The molecule has 2 fully saturated rings. The number of oxazole rings is 1. The van der Waals surface area contributed by atoms with Gasteiger partial charge in [0.25, 0.3) is 6.01 Å². The number of thioether (sulfide) groups is 1. The van der Waals surface area contributed by atoms with Crippen molar-refractivity contribution < 1.29 is 9.21 Å². The largest absolute Gasteiger partial charge is 0.423 e. The van der Waals surface area contributed by atoms with Gasteiger partial charge in [0.2, 0.25) is 5.91 Å². The molecule has 9 heteroatoms. The van der Waals surface area contributed by atoms with Crippen LogP contribution in [0.3, 0.4) is 0 Å². The lowest BCUT2D eigenvalue weighted by molar-refractivity contribution is -0.131. The molecule has 0 spiro atoms. The number of piperazine rings is 1. The monoisotopic (exact) mass is 432 g/mol. The van der Waals surface area contributed by atoms with Crippen LogP contribution >= 0.6 is 36.6 Å². The number of aryl methyl sites for hydroxylation is 1. The molecule has 6 nitrogen and oxygen atoms in total. The fourth-order valence-corrected chi connectivity index (χ4v) is 4.35. The molecule has 1 N–H and O–H groups in total. The highest BCUT2D eigenvalue weighted by atomic mass is 35.5. The highest BCUT2D eigenvalue weighted by molar-refractivity contribution is 7.99. The number of fused-ring (bicyclic) bond motifs is 1. The van der Waals surface area contributed by atoms with E-state index in [-0.39, 0.29) is 30.7 Å². The number of anilines is 1. The molecule has 2 aliphatic heterocycles. The summed E-state index contributed by atoms with van der Waals surface area (Å²) >= 11 is 1.93. The van der Waals surface area contributed by atoms with Gasteiger partial charge in [-0.05, 0) is 24.6 Å². The molecule has 4 rings (SSSR count). The summed E-state index contributed by atoms with van der Waals surface area (Å²) in [4.78, 5) is 21.2. The molecule has 0 saturated carbocycles. The van der Waals surface area contributed by atoms with E-state index < -0.39 is 0 Å². The zero-order chi connectivity index (χ0) is 17.2. The molecule has 1 aromatic heterocycles. The van der Waals surface area contributed by atoms with Gasteiger partial charge < -0.3 is 19.5 Å². The van der Waals surface area contributed by atoms with E-state index in [0.717, 1.165) is 55.3 Å². The van der Waals surface area contributed by atoms with Crippen LogP contribution in [0.2, 0.25) is 0 Å². The van der Waals surface area contributed by atoms with Crippen molar-refractivity contribution in [2.24, 2.45) is 0 Å². The summed E-state index contributed by atoms with van der Waals surface area (Å²) in [5.41, 5.74) is 2.90. The lowest BCUT2D eigenvalue weighted by Crippen LogP contribution is -2.50. The third-order valence-electron chi connectivity index (χ3n) is 4.85. The Morgan fingerprint density at radius 2 is 2.07 bits per heavy atom. The first-order valence-corrected chi connectivity index (χ1v) is 10.1. The second-order valence-corrected chi connectivity index (χ2v) is 7.92. The Balaban J connectivity index is 0.00000131. The molecule has 1 atom stereocenters. The zero-order valence-electron chi connectivity index (χ0n) is 15.3. The average molecular weight is 433 g/mol. The van der Waals surface area contributed by atoms with Crippen LogP contribution in [-0.2, 0) is 4.79 Å². The highest BCUT2D eigenvalue weighted by Gasteiger charge is 2.26. The van der Waals surface area contributed by atoms with Crippen molar-refractivity contribution in [3.8, 4) is 0 Å². The minimum Gasteiger partial charge on any atom is -0.423 e. The smallest absolute Gasteiger partial charge is 0.298 e. The Morgan fingerprint density at radius 1 is 1.30 bits per heavy atom. The second-order valence-electron chi connectivity index (χ2n) is 6.77. The predicted molar refractivity (Wildman–Crippen MR) is 116 cm³/mol. The number of amides is 1. The molecule has 0 radical (unpaired) electrons. The van der Waals surface area contributed by atoms with Crippen LogP contribution in [0.4, 0.5) is 6.01 Å². The van der Waals surface area contributed by atoms with E-state index in [2.05, 4.69) is 22.1 Å². The van der Waals surface area contributed by atoms with Crippen LogP contribution in [0.25, 0.3) is 11.1 Å². The molecule has 0 aliphatic carbocycles. The number of benzene rings is 1. The Morgan fingerprint density at radius 3 is 2.78 bits per heavy atom. The topological polar surface area (TPSA) is 61.6 Å². The number of nitrogens with one attached hydrogen (secondary N) is 1. The molecule has 0 bridgehead atoms. The Kier molecular flexibility index (Phi) is 8.09. The van der Waals surface area contributed by atoms with Gasteiger partial charge in [0, 0.05) is 56.7 Å². The van der Waals surface area contributed by atoms with Gasteiger partial charge in [-0.25, -0.2) is 0 Å². The normalized spacial score (nSPS) is 20.1. The third kappa shape index (κ3) is 5.22. The first-order valence-electron chi connectivity index (χ1n) is 8.90. The van der Waals surface area contributed by atoms with Crippen molar-refractivity contribution in [1.82, 2.24) is 15.2 Å². The van der Waals surface area contributed by atoms with E-state index in [9.17, 15) is 4.79 Å². The maximum atomic E-state index is 12.5. The molecular weight excluding hydrogens is 407 g/mol. The molecule has 1 amide bonds. The molecule has 1 unspecified atom stereocenters. The minimum absolute atomic E-state index is 0. The summed E-state index contributed by atoms with van der Waals surface area (Å²) in [7, 11) is 0. The fourth-order valence-electron chi connectivity index (χ4n) is 3.40. The fraction of sp³-hybridized carbons (Fsp3) is 0.556. The van der Waals surface area contributed by atoms with Gasteiger partial charge in [0.1, 0.15) is 5.52 Å². The van der Waals surface area contributed by atoms with Crippen LogP contribution < -0.4 is 10.2 Å². The number of nitrogens with zero attached hydrogens (tertiary/aromatic N) is 3. The quantitative estimate of drug-likeness (QED) is 0.804. The lowest BCUT2D eigenvalue weighted by Gasteiger charge is -2.35. The van der Waals surface area contributed by atoms with Crippen LogP contribution in [0.5, 0.6) is 0 Å². The van der Waals surface area contributed by atoms with Gasteiger partial charge in [-0.3, -0.25) is 4.79 Å².